The van der Waals surface area contributed by atoms with E-state index in [1.165, 1.54) is 19.6 Å². The first-order valence-electron chi connectivity index (χ1n) is 8.74. The molecule has 4 rings (SSSR count). The van der Waals surface area contributed by atoms with Crippen LogP contribution < -0.4 is 11.2 Å². The number of carbonyl (C=O) groups is 1. The maximum atomic E-state index is 12.4. The van der Waals surface area contributed by atoms with Crippen LogP contribution >= 0.6 is 0 Å². The first-order valence-corrected chi connectivity index (χ1v) is 8.74. The molecule has 142 valence electrons. The van der Waals surface area contributed by atoms with E-state index in [-0.39, 0.29) is 24.4 Å². The number of rotatable bonds is 4. The molecule has 0 atom stereocenters. The number of aromatic nitrogens is 4. The molecule has 0 spiro atoms. The molecule has 0 saturated carbocycles. The van der Waals surface area contributed by atoms with E-state index in [0.29, 0.717) is 16.9 Å². The van der Waals surface area contributed by atoms with Crippen molar-refractivity contribution >= 4 is 22.6 Å². The zero-order valence-corrected chi connectivity index (χ0v) is 15.5. The molecule has 1 aromatic carbocycles. The van der Waals surface area contributed by atoms with Crippen molar-refractivity contribution in [3.05, 3.63) is 80.8 Å². The molecule has 4 aromatic rings. The summed E-state index contributed by atoms with van der Waals surface area (Å²) in [5.74, 6) is -0.579. The molecule has 0 N–H and O–H groups in total. The molecule has 3 heterocycles. The molecule has 8 heteroatoms. The lowest BCUT2D eigenvalue weighted by Crippen LogP contribution is -2.26. The third kappa shape index (κ3) is 2.98. The number of fused-ring (bicyclic) bond motifs is 2. The van der Waals surface area contributed by atoms with Crippen molar-refractivity contribution in [2.75, 3.05) is 0 Å². The Morgan fingerprint density at radius 3 is 2.61 bits per heavy atom. The number of benzene rings is 1. The number of hydrogen-bond acceptors (Lipinski definition) is 5. The molecule has 28 heavy (non-hydrogen) atoms. The molecular formula is C20H18N4O4. The van der Waals surface area contributed by atoms with Crippen molar-refractivity contribution in [1.29, 1.82) is 0 Å². The molecule has 0 amide bonds. The van der Waals surface area contributed by atoms with Crippen molar-refractivity contribution < 1.29 is 9.53 Å². The summed E-state index contributed by atoms with van der Waals surface area (Å²) in [6.07, 6.45) is 0. The Labute approximate surface area is 159 Å². The summed E-state index contributed by atoms with van der Waals surface area (Å²) in [5.41, 5.74) is 2.48. The van der Waals surface area contributed by atoms with Crippen molar-refractivity contribution in [1.82, 2.24) is 18.5 Å². The number of esters is 1. The quantitative estimate of drug-likeness (QED) is 0.501. The summed E-state index contributed by atoms with van der Waals surface area (Å²) in [5, 5.41) is 0. The van der Waals surface area contributed by atoms with E-state index in [4.69, 9.17) is 4.74 Å². The van der Waals surface area contributed by atoms with Crippen LogP contribution in [0.15, 0.2) is 58.1 Å². The van der Waals surface area contributed by atoms with Gasteiger partial charge in [-0.05, 0) is 31.2 Å². The molecular weight excluding hydrogens is 360 g/mol. The van der Waals surface area contributed by atoms with Crippen LogP contribution in [0.3, 0.4) is 0 Å². The van der Waals surface area contributed by atoms with Gasteiger partial charge in [-0.15, -0.1) is 0 Å². The van der Waals surface area contributed by atoms with E-state index in [1.807, 2.05) is 25.1 Å². The van der Waals surface area contributed by atoms with Gasteiger partial charge in [-0.25, -0.2) is 9.78 Å². The predicted octanol–water partition coefficient (Wildman–Crippen LogP) is 1.40. The Bertz CT molecular complexity index is 1330. The molecule has 0 unspecified atom stereocenters. The Morgan fingerprint density at radius 2 is 1.82 bits per heavy atom. The monoisotopic (exact) mass is 378 g/mol. The lowest BCUT2D eigenvalue weighted by atomic mass is 10.3. The summed E-state index contributed by atoms with van der Waals surface area (Å²) in [7, 11) is 1.65. The fourth-order valence-electron chi connectivity index (χ4n) is 3.28. The second kappa shape index (κ2) is 6.80. The third-order valence-electron chi connectivity index (χ3n) is 4.65. The summed E-state index contributed by atoms with van der Waals surface area (Å²) in [4.78, 5) is 41.3. The van der Waals surface area contributed by atoms with Gasteiger partial charge in [0.25, 0.3) is 5.56 Å². The summed E-state index contributed by atoms with van der Waals surface area (Å²) < 4.78 is 9.60. The number of hydrogen-bond donors (Lipinski definition) is 0. The molecule has 0 radical (unpaired) electrons. The summed E-state index contributed by atoms with van der Waals surface area (Å²) in [6, 6.07) is 13.9. The molecule has 3 aromatic heterocycles. The molecule has 0 aliphatic heterocycles. The van der Waals surface area contributed by atoms with Gasteiger partial charge in [-0.1, -0.05) is 18.2 Å². The first kappa shape index (κ1) is 17.7. The Hall–Kier alpha value is -3.68. The van der Waals surface area contributed by atoms with Crippen molar-refractivity contribution in [3.8, 4) is 0 Å². The number of aryl methyl sites for hydroxylation is 2. The fraction of sp³-hybridized carbons (Fsp3) is 0.200. The highest BCUT2D eigenvalue weighted by molar-refractivity contribution is 5.78. The highest BCUT2D eigenvalue weighted by Gasteiger charge is 2.14. The van der Waals surface area contributed by atoms with Crippen LogP contribution in [-0.4, -0.2) is 24.5 Å². The minimum atomic E-state index is -0.579. The number of imidazole rings is 1. The van der Waals surface area contributed by atoms with Gasteiger partial charge in [0, 0.05) is 18.8 Å². The standard InChI is InChI=1S/C20H18N4O4/c1-13-6-5-9-17-21-14(10-18(25)24(13)17)12-28-19(26)11-23-16-8-4-3-7-15(16)22(2)20(23)27/h3-10H,11-12H2,1-2H3. The van der Waals surface area contributed by atoms with Crippen LogP contribution in [0.5, 0.6) is 0 Å². The van der Waals surface area contributed by atoms with E-state index >= 15 is 0 Å². The SMILES string of the molecule is Cc1cccc2nc(COC(=O)Cn3c(=O)n(C)c4ccccc43)cc(=O)n12. The Morgan fingerprint density at radius 1 is 1.07 bits per heavy atom. The second-order valence-corrected chi connectivity index (χ2v) is 6.52. The molecule has 0 fully saturated rings. The normalized spacial score (nSPS) is 11.2. The van der Waals surface area contributed by atoms with Crippen molar-refractivity contribution in [2.24, 2.45) is 7.05 Å². The van der Waals surface area contributed by atoms with Crippen LogP contribution in [0.2, 0.25) is 0 Å². The number of para-hydroxylation sites is 2. The van der Waals surface area contributed by atoms with E-state index in [1.54, 1.807) is 31.3 Å². The first-order chi connectivity index (χ1) is 13.5. The van der Waals surface area contributed by atoms with Crippen LogP contribution in [0.1, 0.15) is 11.4 Å². The predicted molar refractivity (Wildman–Crippen MR) is 103 cm³/mol. The lowest BCUT2D eigenvalue weighted by molar-refractivity contribution is -0.145. The van der Waals surface area contributed by atoms with Crippen LogP contribution in [0, 0.1) is 6.92 Å². The maximum Gasteiger partial charge on any atom is 0.329 e. The number of pyridine rings is 1. The average molecular weight is 378 g/mol. The zero-order valence-electron chi connectivity index (χ0n) is 15.5. The van der Waals surface area contributed by atoms with E-state index in [9.17, 15) is 14.4 Å². The lowest BCUT2D eigenvalue weighted by Gasteiger charge is -2.08. The van der Waals surface area contributed by atoms with Gasteiger partial charge in [-0.2, -0.15) is 0 Å². The van der Waals surface area contributed by atoms with Gasteiger partial charge in [0.15, 0.2) is 0 Å². The Balaban J connectivity index is 1.55. The number of carbonyl (C=O) groups excluding carboxylic acids is 1. The molecule has 0 aliphatic rings. The maximum absolute atomic E-state index is 12.4. The minimum absolute atomic E-state index is 0.141. The van der Waals surface area contributed by atoms with Gasteiger partial charge in [0.2, 0.25) is 0 Å². The number of nitrogens with zero attached hydrogens (tertiary/aromatic N) is 4. The van der Waals surface area contributed by atoms with E-state index in [2.05, 4.69) is 4.98 Å². The van der Waals surface area contributed by atoms with Gasteiger partial charge in [0.1, 0.15) is 18.8 Å². The topological polar surface area (TPSA) is 87.6 Å². The average Bonchev–Trinajstić information content (AvgIpc) is 2.91. The van der Waals surface area contributed by atoms with Crippen LogP contribution in [0.4, 0.5) is 0 Å². The van der Waals surface area contributed by atoms with Gasteiger partial charge >= 0.3 is 11.7 Å². The van der Waals surface area contributed by atoms with Crippen LogP contribution in [-0.2, 0) is 29.7 Å². The summed E-state index contributed by atoms with van der Waals surface area (Å²) in [6.45, 7) is 1.46. The second-order valence-electron chi connectivity index (χ2n) is 6.52. The highest BCUT2D eigenvalue weighted by Crippen LogP contribution is 2.11. The van der Waals surface area contributed by atoms with E-state index in [0.717, 1.165) is 11.2 Å². The fourth-order valence-corrected chi connectivity index (χ4v) is 3.28. The van der Waals surface area contributed by atoms with Crippen molar-refractivity contribution in [3.63, 3.8) is 0 Å². The third-order valence-corrected chi connectivity index (χ3v) is 4.65. The molecule has 0 bridgehead atoms. The zero-order chi connectivity index (χ0) is 19.8. The number of ether oxygens (including phenoxy) is 1. The smallest absolute Gasteiger partial charge is 0.329 e. The summed E-state index contributed by atoms with van der Waals surface area (Å²) >= 11 is 0. The molecule has 0 saturated heterocycles. The van der Waals surface area contributed by atoms with Gasteiger partial charge in [0.05, 0.1) is 16.7 Å². The highest BCUT2D eigenvalue weighted by atomic mass is 16.5. The minimum Gasteiger partial charge on any atom is -0.458 e. The van der Waals surface area contributed by atoms with Gasteiger partial charge in [-0.3, -0.25) is 23.1 Å². The van der Waals surface area contributed by atoms with Crippen molar-refractivity contribution in [2.45, 2.75) is 20.1 Å². The van der Waals surface area contributed by atoms with E-state index < -0.39 is 5.97 Å². The largest absolute Gasteiger partial charge is 0.458 e. The van der Waals surface area contributed by atoms with Gasteiger partial charge < -0.3 is 4.74 Å². The Kier molecular flexibility index (Phi) is 4.31. The van der Waals surface area contributed by atoms with Crippen LogP contribution in [0.25, 0.3) is 16.7 Å². The molecule has 8 nitrogen and oxygen atoms in total. The molecule has 0 aliphatic carbocycles.